The lowest BCUT2D eigenvalue weighted by atomic mass is 10.1. The minimum Gasteiger partial charge on any atom is -0.481 e. The van der Waals surface area contributed by atoms with Gasteiger partial charge in [0.05, 0.1) is 0 Å². The summed E-state index contributed by atoms with van der Waals surface area (Å²) in [7, 11) is 0. The van der Waals surface area contributed by atoms with Gasteiger partial charge in [-0.3, -0.25) is 19.2 Å². The maximum absolute atomic E-state index is 12.0. The van der Waals surface area contributed by atoms with Gasteiger partial charge in [0.25, 0.3) is 11.8 Å². The fourth-order valence-electron chi connectivity index (χ4n) is 1.66. The molecule has 1 aliphatic heterocycles. The molecule has 0 saturated carbocycles. The number of aliphatic carboxylic acids is 2. The third-order valence-electron chi connectivity index (χ3n) is 2.85. The van der Waals surface area contributed by atoms with Crippen LogP contribution in [0, 0.1) is 0 Å². The number of hydrazine groups is 1. The standard InChI is InChI=1S/C12H15N3O7S/c16-8-2-3-9(17)15(8)14-7(5-23)11(20)13-6(12(21)22)1-4-10(18)19/h2-3,6-7,14,23H,1,4-5H2,(H,13,20)(H,18,19)(H,21,22)/t6-,7-/m0/s1. The van der Waals surface area contributed by atoms with E-state index in [-0.39, 0.29) is 12.2 Å². The number of amides is 3. The highest BCUT2D eigenvalue weighted by atomic mass is 32.1. The molecule has 4 N–H and O–H groups in total. The number of carboxylic acids is 2. The van der Waals surface area contributed by atoms with Crippen molar-refractivity contribution in [1.82, 2.24) is 15.8 Å². The molecule has 1 rings (SSSR count). The molecule has 11 heteroatoms. The zero-order valence-corrected chi connectivity index (χ0v) is 12.7. The van der Waals surface area contributed by atoms with Crippen molar-refractivity contribution in [2.75, 3.05) is 5.75 Å². The van der Waals surface area contributed by atoms with Gasteiger partial charge in [-0.05, 0) is 6.42 Å². The van der Waals surface area contributed by atoms with Gasteiger partial charge in [0.15, 0.2) is 0 Å². The molecule has 0 bridgehead atoms. The molecule has 0 aromatic heterocycles. The first-order valence-electron chi connectivity index (χ1n) is 6.44. The SMILES string of the molecule is O=C(O)CC[C@H](NC(=O)[C@H](CS)NN1C(=O)C=CC1=O)C(=O)O. The number of carboxylic acid groups (broad SMARTS) is 2. The van der Waals surface area contributed by atoms with Crippen LogP contribution in [-0.2, 0) is 24.0 Å². The first kappa shape index (κ1) is 18.6. The fraction of sp³-hybridized carbons (Fsp3) is 0.417. The second kappa shape index (κ2) is 8.29. The van der Waals surface area contributed by atoms with Crippen LogP contribution in [0.3, 0.4) is 0 Å². The summed E-state index contributed by atoms with van der Waals surface area (Å²) in [4.78, 5) is 56.4. The third-order valence-corrected chi connectivity index (χ3v) is 3.22. The predicted molar refractivity (Wildman–Crippen MR) is 78.2 cm³/mol. The normalized spacial score (nSPS) is 16.3. The van der Waals surface area contributed by atoms with Crippen LogP contribution in [0.25, 0.3) is 0 Å². The molecule has 126 valence electrons. The highest BCUT2D eigenvalue weighted by molar-refractivity contribution is 7.80. The van der Waals surface area contributed by atoms with E-state index in [2.05, 4.69) is 23.4 Å². The van der Waals surface area contributed by atoms with Gasteiger partial charge in [0.1, 0.15) is 12.1 Å². The van der Waals surface area contributed by atoms with Crippen molar-refractivity contribution < 1.29 is 34.2 Å². The summed E-state index contributed by atoms with van der Waals surface area (Å²) in [6.07, 6.45) is 1.27. The summed E-state index contributed by atoms with van der Waals surface area (Å²) in [5.74, 6) is -4.90. The van der Waals surface area contributed by atoms with Gasteiger partial charge >= 0.3 is 11.9 Å². The van der Waals surface area contributed by atoms with E-state index < -0.39 is 48.2 Å². The maximum atomic E-state index is 12.0. The van der Waals surface area contributed by atoms with Gasteiger partial charge in [-0.25, -0.2) is 15.2 Å². The van der Waals surface area contributed by atoms with E-state index in [1.807, 2.05) is 0 Å². The number of nitrogens with zero attached hydrogens (tertiary/aromatic N) is 1. The first-order chi connectivity index (χ1) is 10.8. The number of carbonyl (C=O) groups excluding carboxylic acids is 3. The molecule has 0 fully saturated rings. The number of thiol groups is 1. The van der Waals surface area contributed by atoms with E-state index in [1.54, 1.807) is 0 Å². The Kier molecular flexibility index (Phi) is 6.72. The summed E-state index contributed by atoms with van der Waals surface area (Å²) in [5, 5.41) is 20.3. The van der Waals surface area contributed by atoms with Gasteiger partial charge in [-0.2, -0.15) is 12.6 Å². The zero-order valence-electron chi connectivity index (χ0n) is 11.8. The molecule has 0 radical (unpaired) electrons. The van der Waals surface area contributed by atoms with Crippen molar-refractivity contribution in [2.45, 2.75) is 24.9 Å². The molecule has 1 aliphatic rings. The minimum absolute atomic E-state index is 0.131. The van der Waals surface area contributed by atoms with Crippen LogP contribution < -0.4 is 10.7 Å². The molecule has 3 amide bonds. The number of hydrogen-bond donors (Lipinski definition) is 5. The zero-order chi connectivity index (χ0) is 17.6. The Balaban J connectivity index is 2.67. The lowest BCUT2D eigenvalue weighted by molar-refractivity contribution is -0.146. The molecular weight excluding hydrogens is 330 g/mol. The lowest BCUT2D eigenvalue weighted by Gasteiger charge is -2.23. The van der Waals surface area contributed by atoms with Crippen molar-refractivity contribution in [3.8, 4) is 0 Å². The Morgan fingerprint density at radius 3 is 2.13 bits per heavy atom. The second-order valence-corrected chi connectivity index (χ2v) is 4.91. The molecular formula is C12H15N3O7S. The fourth-order valence-corrected chi connectivity index (χ4v) is 1.91. The van der Waals surface area contributed by atoms with Crippen molar-refractivity contribution >= 4 is 42.3 Å². The van der Waals surface area contributed by atoms with Crippen molar-refractivity contribution in [3.05, 3.63) is 12.2 Å². The molecule has 2 atom stereocenters. The summed E-state index contributed by atoms with van der Waals surface area (Å²) in [5.41, 5.74) is 2.35. The van der Waals surface area contributed by atoms with Crippen LogP contribution in [0.4, 0.5) is 0 Å². The quantitative estimate of drug-likeness (QED) is 0.241. The topological polar surface area (TPSA) is 153 Å². The molecule has 0 aliphatic carbocycles. The van der Waals surface area contributed by atoms with Crippen molar-refractivity contribution in [2.24, 2.45) is 0 Å². The van der Waals surface area contributed by atoms with Crippen LogP contribution in [0.15, 0.2) is 12.2 Å². The van der Waals surface area contributed by atoms with Crippen molar-refractivity contribution in [3.63, 3.8) is 0 Å². The van der Waals surface area contributed by atoms with Crippen molar-refractivity contribution in [1.29, 1.82) is 0 Å². The summed E-state index contributed by atoms with van der Waals surface area (Å²) in [6.45, 7) is 0. The number of nitrogens with one attached hydrogen (secondary N) is 2. The summed E-state index contributed by atoms with van der Waals surface area (Å²) in [6, 6.07) is -2.57. The molecule has 0 spiro atoms. The van der Waals surface area contributed by atoms with Gasteiger partial charge in [0, 0.05) is 24.3 Å². The van der Waals surface area contributed by atoms with Crippen LogP contribution in [-0.4, -0.2) is 62.7 Å². The Morgan fingerprint density at radius 1 is 1.13 bits per heavy atom. The Bertz CT molecular complexity index is 545. The highest BCUT2D eigenvalue weighted by Crippen LogP contribution is 2.04. The number of hydrogen-bond acceptors (Lipinski definition) is 7. The van der Waals surface area contributed by atoms with E-state index in [9.17, 15) is 24.0 Å². The Hall–Kier alpha value is -2.40. The summed E-state index contributed by atoms with van der Waals surface area (Å²) < 4.78 is 0. The molecule has 0 aromatic rings. The Morgan fingerprint density at radius 2 is 1.70 bits per heavy atom. The van der Waals surface area contributed by atoms with Crippen LogP contribution in [0.2, 0.25) is 0 Å². The minimum atomic E-state index is -1.41. The van der Waals surface area contributed by atoms with Gasteiger partial charge < -0.3 is 15.5 Å². The number of imide groups is 1. The van der Waals surface area contributed by atoms with E-state index in [0.29, 0.717) is 5.01 Å². The average molecular weight is 345 g/mol. The number of rotatable bonds is 9. The van der Waals surface area contributed by atoms with E-state index in [1.165, 1.54) is 0 Å². The van der Waals surface area contributed by atoms with E-state index in [0.717, 1.165) is 12.2 Å². The highest BCUT2D eigenvalue weighted by Gasteiger charge is 2.30. The smallest absolute Gasteiger partial charge is 0.326 e. The maximum Gasteiger partial charge on any atom is 0.326 e. The molecule has 10 nitrogen and oxygen atoms in total. The summed E-state index contributed by atoms with van der Waals surface area (Å²) >= 11 is 3.91. The van der Waals surface area contributed by atoms with Gasteiger partial charge in [0.2, 0.25) is 5.91 Å². The van der Waals surface area contributed by atoms with E-state index >= 15 is 0 Å². The first-order valence-corrected chi connectivity index (χ1v) is 7.07. The lowest BCUT2D eigenvalue weighted by Crippen LogP contribution is -2.57. The number of carbonyl (C=O) groups is 5. The largest absolute Gasteiger partial charge is 0.481 e. The second-order valence-electron chi connectivity index (χ2n) is 4.54. The molecule has 0 aromatic carbocycles. The molecule has 0 saturated heterocycles. The third kappa shape index (κ3) is 5.38. The Labute approximate surface area is 135 Å². The molecule has 0 unspecified atom stereocenters. The average Bonchev–Trinajstić information content (AvgIpc) is 2.79. The van der Waals surface area contributed by atoms with Crippen LogP contribution in [0.1, 0.15) is 12.8 Å². The van der Waals surface area contributed by atoms with Crippen LogP contribution in [0.5, 0.6) is 0 Å². The monoisotopic (exact) mass is 345 g/mol. The van der Waals surface area contributed by atoms with Gasteiger partial charge in [-0.1, -0.05) is 0 Å². The molecule has 23 heavy (non-hydrogen) atoms. The predicted octanol–water partition coefficient (Wildman–Crippen LogP) is -1.85. The van der Waals surface area contributed by atoms with Gasteiger partial charge in [-0.15, -0.1) is 0 Å². The molecule has 1 heterocycles. The van der Waals surface area contributed by atoms with Crippen LogP contribution >= 0.6 is 12.6 Å². The van der Waals surface area contributed by atoms with E-state index in [4.69, 9.17) is 10.2 Å².